The molecule has 0 heterocycles. The maximum Gasteiger partial charge on any atom is 0.158 e. The number of carbonyl (C=O) groups excluding carboxylic acids is 1. The van der Waals surface area contributed by atoms with Crippen LogP contribution in [-0.4, -0.2) is 17.0 Å². The lowest BCUT2D eigenvalue weighted by Crippen LogP contribution is -2.42. The van der Waals surface area contributed by atoms with Gasteiger partial charge in [-0.05, 0) is 49.7 Å². The summed E-state index contributed by atoms with van der Waals surface area (Å²) in [5.41, 5.74) is 2.85. The van der Waals surface area contributed by atoms with E-state index in [0.717, 1.165) is 36.0 Å². The van der Waals surface area contributed by atoms with Crippen molar-refractivity contribution < 1.29 is 9.90 Å². The number of Topliss-reactive ketones (excluding diaryl/α,β-unsaturated/α-hetero) is 1. The number of fused-ring (bicyclic) bond motifs is 1. The Bertz CT molecular complexity index is 405. The summed E-state index contributed by atoms with van der Waals surface area (Å²) in [4.78, 5) is 11.8. The predicted molar refractivity (Wildman–Crippen MR) is 68.6 cm³/mol. The molecular weight excluding hydrogens is 212 g/mol. The molecule has 1 N–H and O–H groups in total. The molecule has 2 heteroatoms. The van der Waals surface area contributed by atoms with E-state index in [-0.39, 0.29) is 17.1 Å². The molecule has 3 atom stereocenters. The molecule has 0 aromatic rings. The third-order valence-electron chi connectivity index (χ3n) is 4.69. The molecule has 0 aromatic heterocycles. The molecule has 0 unspecified atom stereocenters. The Labute approximate surface area is 103 Å². The summed E-state index contributed by atoms with van der Waals surface area (Å²) in [6, 6.07) is 0. The van der Waals surface area contributed by atoms with Gasteiger partial charge in [-0.25, -0.2) is 0 Å². The number of hydrogen-bond acceptors (Lipinski definition) is 2. The van der Waals surface area contributed by atoms with Gasteiger partial charge < -0.3 is 5.11 Å². The Morgan fingerprint density at radius 2 is 2.12 bits per heavy atom. The van der Waals surface area contributed by atoms with Crippen molar-refractivity contribution in [2.75, 3.05) is 0 Å². The predicted octanol–water partition coefficient (Wildman–Crippen LogP) is 3.02. The fourth-order valence-electron chi connectivity index (χ4n) is 3.50. The highest BCUT2D eigenvalue weighted by Crippen LogP contribution is 2.51. The average Bonchev–Trinajstić information content (AvgIpc) is 2.24. The minimum absolute atomic E-state index is 0.0311. The first-order valence-corrected chi connectivity index (χ1v) is 6.45. The van der Waals surface area contributed by atoms with Crippen LogP contribution in [-0.2, 0) is 4.79 Å². The van der Waals surface area contributed by atoms with E-state index in [2.05, 4.69) is 13.5 Å². The number of rotatable bonds is 1. The number of aliphatic hydroxyl groups is 1. The molecule has 0 amide bonds. The van der Waals surface area contributed by atoms with Crippen LogP contribution in [0.5, 0.6) is 0 Å². The van der Waals surface area contributed by atoms with Gasteiger partial charge in [0.1, 0.15) is 0 Å². The molecule has 2 nitrogen and oxygen atoms in total. The first-order valence-electron chi connectivity index (χ1n) is 6.45. The lowest BCUT2D eigenvalue weighted by atomic mass is 9.59. The van der Waals surface area contributed by atoms with E-state index < -0.39 is 6.10 Å². The zero-order valence-electron chi connectivity index (χ0n) is 11.0. The van der Waals surface area contributed by atoms with Crippen LogP contribution in [0.4, 0.5) is 0 Å². The normalized spacial score (nSPS) is 38.0. The molecule has 0 aromatic carbocycles. The highest BCUT2D eigenvalue weighted by Gasteiger charge is 2.45. The molecule has 94 valence electrons. The topological polar surface area (TPSA) is 37.3 Å². The van der Waals surface area contributed by atoms with Gasteiger partial charge >= 0.3 is 0 Å². The molecule has 0 aliphatic heterocycles. The quantitative estimate of drug-likeness (QED) is 0.708. The Balaban J connectivity index is 2.46. The van der Waals surface area contributed by atoms with Gasteiger partial charge in [-0.2, -0.15) is 0 Å². The first kappa shape index (κ1) is 12.6. The van der Waals surface area contributed by atoms with E-state index in [0.29, 0.717) is 6.42 Å². The molecular formula is C15H22O2. The van der Waals surface area contributed by atoms with Gasteiger partial charge in [-0.3, -0.25) is 4.79 Å². The van der Waals surface area contributed by atoms with Crippen LogP contribution in [0.3, 0.4) is 0 Å². The third-order valence-corrected chi connectivity index (χ3v) is 4.69. The summed E-state index contributed by atoms with van der Waals surface area (Å²) in [5.74, 6) is 0.331. The van der Waals surface area contributed by atoms with E-state index in [9.17, 15) is 9.90 Å². The molecule has 0 saturated heterocycles. The zero-order valence-corrected chi connectivity index (χ0v) is 11.0. The summed E-state index contributed by atoms with van der Waals surface area (Å²) in [6.07, 6.45) is 3.06. The lowest BCUT2D eigenvalue weighted by Gasteiger charge is -2.46. The number of carbonyl (C=O) groups is 1. The molecule has 1 saturated carbocycles. The van der Waals surface area contributed by atoms with Gasteiger partial charge in [0.05, 0.1) is 6.10 Å². The van der Waals surface area contributed by atoms with Crippen molar-refractivity contribution in [3.8, 4) is 0 Å². The average molecular weight is 234 g/mol. The summed E-state index contributed by atoms with van der Waals surface area (Å²) in [7, 11) is 0. The van der Waals surface area contributed by atoms with Crippen LogP contribution < -0.4 is 0 Å². The van der Waals surface area contributed by atoms with Crippen molar-refractivity contribution in [3.05, 3.63) is 23.3 Å². The summed E-state index contributed by atoms with van der Waals surface area (Å²) in [5, 5.41) is 10.5. The van der Waals surface area contributed by atoms with Crippen molar-refractivity contribution >= 4 is 5.78 Å². The van der Waals surface area contributed by atoms with E-state index in [1.54, 1.807) is 0 Å². The molecule has 1 fully saturated rings. The minimum Gasteiger partial charge on any atom is -0.388 e. The molecule has 2 aliphatic rings. The van der Waals surface area contributed by atoms with Gasteiger partial charge in [0.15, 0.2) is 5.78 Å². The fraction of sp³-hybridized carbons (Fsp3) is 0.667. The van der Waals surface area contributed by atoms with Crippen molar-refractivity contribution in [1.29, 1.82) is 0 Å². The highest BCUT2D eigenvalue weighted by atomic mass is 16.3. The van der Waals surface area contributed by atoms with Gasteiger partial charge in [0.2, 0.25) is 0 Å². The summed E-state index contributed by atoms with van der Waals surface area (Å²) >= 11 is 0. The van der Waals surface area contributed by atoms with Crippen LogP contribution in [0.1, 0.15) is 46.5 Å². The van der Waals surface area contributed by atoms with Crippen molar-refractivity contribution in [1.82, 2.24) is 0 Å². The Morgan fingerprint density at radius 1 is 1.47 bits per heavy atom. The molecule has 0 spiro atoms. The number of hydrogen-bond donors (Lipinski definition) is 1. The van der Waals surface area contributed by atoms with Crippen LogP contribution in [0.15, 0.2) is 23.3 Å². The van der Waals surface area contributed by atoms with Gasteiger partial charge in [0.25, 0.3) is 0 Å². The Morgan fingerprint density at radius 3 is 2.71 bits per heavy atom. The minimum atomic E-state index is -0.504. The first-order chi connectivity index (χ1) is 7.87. The molecule has 0 bridgehead atoms. The Hall–Kier alpha value is -0.890. The molecule has 2 aliphatic carbocycles. The van der Waals surface area contributed by atoms with Crippen LogP contribution in [0, 0.1) is 11.3 Å². The van der Waals surface area contributed by atoms with Crippen LogP contribution >= 0.6 is 0 Å². The van der Waals surface area contributed by atoms with E-state index in [1.807, 2.05) is 13.8 Å². The van der Waals surface area contributed by atoms with Crippen LogP contribution in [0.25, 0.3) is 0 Å². The maximum absolute atomic E-state index is 11.8. The molecule has 2 rings (SSSR count). The van der Waals surface area contributed by atoms with Crippen molar-refractivity contribution in [3.63, 3.8) is 0 Å². The standard InChI is InChI=1S/C15H22O2/c1-9(2)11-5-7-15(4)8-6-12(16)10(3)13(15)14(11)17/h11,14,17H,1,5-8H2,2-4H3/t11-,14+,15-/m0/s1. The van der Waals surface area contributed by atoms with E-state index in [4.69, 9.17) is 0 Å². The second-order valence-corrected chi connectivity index (χ2v) is 5.96. The molecule has 0 radical (unpaired) electrons. The van der Waals surface area contributed by atoms with E-state index >= 15 is 0 Å². The largest absolute Gasteiger partial charge is 0.388 e. The van der Waals surface area contributed by atoms with Crippen LogP contribution in [0.2, 0.25) is 0 Å². The number of aliphatic hydroxyl groups excluding tert-OH is 1. The zero-order chi connectivity index (χ0) is 12.8. The van der Waals surface area contributed by atoms with Crippen molar-refractivity contribution in [2.24, 2.45) is 11.3 Å². The highest BCUT2D eigenvalue weighted by molar-refractivity contribution is 5.97. The fourth-order valence-corrected chi connectivity index (χ4v) is 3.50. The second-order valence-electron chi connectivity index (χ2n) is 5.96. The lowest BCUT2D eigenvalue weighted by molar-refractivity contribution is -0.117. The van der Waals surface area contributed by atoms with Crippen molar-refractivity contribution in [2.45, 2.75) is 52.6 Å². The van der Waals surface area contributed by atoms with Gasteiger partial charge in [-0.1, -0.05) is 19.1 Å². The smallest absolute Gasteiger partial charge is 0.158 e. The monoisotopic (exact) mass is 234 g/mol. The second kappa shape index (κ2) is 4.09. The molecule has 17 heavy (non-hydrogen) atoms. The third kappa shape index (κ3) is 1.89. The number of ketones is 1. The SMILES string of the molecule is C=C(C)[C@@H]1CC[C@@]2(C)CCC(=O)C(C)=C2[C@@H]1O. The maximum atomic E-state index is 11.8. The summed E-state index contributed by atoms with van der Waals surface area (Å²) in [6.45, 7) is 10.0. The Kier molecular flexibility index (Phi) is 3.03. The summed E-state index contributed by atoms with van der Waals surface area (Å²) < 4.78 is 0. The van der Waals surface area contributed by atoms with Gasteiger partial charge in [0, 0.05) is 12.3 Å². The van der Waals surface area contributed by atoms with E-state index in [1.165, 1.54) is 0 Å². The number of allylic oxidation sites excluding steroid dienone is 1. The van der Waals surface area contributed by atoms with Gasteiger partial charge in [-0.15, -0.1) is 0 Å².